The van der Waals surface area contributed by atoms with Crippen LogP contribution in [0, 0.1) is 0 Å². The van der Waals surface area contributed by atoms with Crippen LogP contribution in [-0.4, -0.2) is 39.2 Å². The maximum atomic E-state index is 12.3. The van der Waals surface area contributed by atoms with Crippen molar-refractivity contribution >= 4 is 39.9 Å². The van der Waals surface area contributed by atoms with Crippen molar-refractivity contribution in [1.29, 1.82) is 0 Å². The fourth-order valence-electron chi connectivity index (χ4n) is 2.19. The topological polar surface area (TPSA) is 83.9 Å². The Morgan fingerprint density at radius 1 is 1.41 bits per heavy atom. The summed E-state index contributed by atoms with van der Waals surface area (Å²) in [6.07, 6.45) is 4.46. The molecule has 0 unspecified atom stereocenters. The summed E-state index contributed by atoms with van der Waals surface area (Å²) < 4.78 is 0. The summed E-state index contributed by atoms with van der Waals surface area (Å²) in [5.41, 5.74) is 0.159. The van der Waals surface area contributed by atoms with Crippen molar-refractivity contribution in [3.05, 3.63) is 21.9 Å². The lowest BCUT2D eigenvalue weighted by atomic mass is 10.4. The molecule has 2 aromatic rings. The van der Waals surface area contributed by atoms with E-state index < -0.39 is 5.91 Å². The van der Waals surface area contributed by atoms with Crippen LogP contribution in [0.4, 0.5) is 11.1 Å². The van der Waals surface area contributed by atoms with Crippen LogP contribution >= 0.6 is 22.9 Å². The second-order valence-corrected chi connectivity index (χ2v) is 6.34. The zero-order valence-corrected chi connectivity index (χ0v) is 13.6. The van der Waals surface area contributed by atoms with Crippen LogP contribution in [0.5, 0.6) is 0 Å². The quantitative estimate of drug-likeness (QED) is 0.921. The number of aromatic nitrogens is 4. The minimum absolute atomic E-state index is 0.159. The van der Waals surface area contributed by atoms with E-state index in [-0.39, 0.29) is 10.7 Å². The molecule has 9 heteroatoms. The molecule has 0 atom stereocenters. The highest BCUT2D eigenvalue weighted by Crippen LogP contribution is 2.22. The zero-order valence-electron chi connectivity index (χ0n) is 12.0. The van der Waals surface area contributed by atoms with Crippen LogP contribution < -0.4 is 10.2 Å². The molecule has 1 saturated heterocycles. The van der Waals surface area contributed by atoms with E-state index >= 15 is 0 Å². The Kier molecular flexibility index (Phi) is 4.49. The number of hydrogen-bond acceptors (Lipinski definition) is 7. The van der Waals surface area contributed by atoms with E-state index in [0.29, 0.717) is 11.1 Å². The monoisotopic (exact) mass is 338 g/mol. The maximum Gasteiger partial charge on any atom is 0.277 e. The molecular weight excluding hydrogens is 324 g/mol. The van der Waals surface area contributed by atoms with Gasteiger partial charge in [0.05, 0.1) is 11.2 Å². The van der Waals surface area contributed by atoms with Crippen molar-refractivity contribution in [1.82, 2.24) is 20.2 Å². The SMILES string of the molecule is CCc1nnc(NC(=O)c2nc(N3CCCC3)ncc2Cl)s1. The molecule has 22 heavy (non-hydrogen) atoms. The highest BCUT2D eigenvalue weighted by atomic mass is 35.5. The smallest absolute Gasteiger partial charge is 0.277 e. The van der Waals surface area contributed by atoms with Crippen molar-refractivity contribution in [2.24, 2.45) is 0 Å². The first-order valence-electron chi connectivity index (χ1n) is 7.08. The van der Waals surface area contributed by atoms with Crippen LogP contribution in [0.1, 0.15) is 35.3 Å². The molecule has 2 aromatic heterocycles. The van der Waals surface area contributed by atoms with E-state index in [9.17, 15) is 4.79 Å². The number of halogens is 1. The van der Waals surface area contributed by atoms with Crippen LogP contribution in [0.15, 0.2) is 6.20 Å². The molecular formula is C13H15ClN6OS. The van der Waals surface area contributed by atoms with E-state index in [2.05, 4.69) is 25.5 Å². The summed E-state index contributed by atoms with van der Waals surface area (Å²) in [6, 6.07) is 0. The first-order chi connectivity index (χ1) is 10.7. The third kappa shape index (κ3) is 3.17. The number of hydrogen-bond donors (Lipinski definition) is 1. The molecule has 0 saturated carbocycles. The van der Waals surface area contributed by atoms with Gasteiger partial charge in [0, 0.05) is 13.1 Å². The van der Waals surface area contributed by atoms with Crippen LogP contribution in [0.2, 0.25) is 5.02 Å². The molecule has 0 aliphatic carbocycles. The van der Waals surface area contributed by atoms with Gasteiger partial charge in [0.25, 0.3) is 5.91 Å². The van der Waals surface area contributed by atoms with E-state index in [0.717, 1.165) is 37.4 Å². The van der Waals surface area contributed by atoms with Gasteiger partial charge < -0.3 is 4.90 Å². The Balaban J connectivity index is 1.80. The van der Waals surface area contributed by atoms with Gasteiger partial charge in [-0.05, 0) is 19.3 Å². The molecule has 0 aromatic carbocycles. The van der Waals surface area contributed by atoms with Gasteiger partial charge in [0.2, 0.25) is 11.1 Å². The summed E-state index contributed by atoms with van der Waals surface area (Å²) in [4.78, 5) is 22.9. The van der Waals surface area contributed by atoms with Crippen LogP contribution in [0.25, 0.3) is 0 Å². The highest BCUT2D eigenvalue weighted by Gasteiger charge is 2.20. The van der Waals surface area contributed by atoms with E-state index in [4.69, 9.17) is 11.6 Å². The lowest BCUT2D eigenvalue weighted by Gasteiger charge is -2.15. The molecule has 0 bridgehead atoms. The van der Waals surface area contributed by atoms with Gasteiger partial charge in [-0.1, -0.05) is 29.9 Å². The number of nitrogens with zero attached hydrogens (tertiary/aromatic N) is 5. The molecule has 0 spiro atoms. The van der Waals surface area contributed by atoms with Gasteiger partial charge in [-0.25, -0.2) is 9.97 Å². The molecule has 1 aliphatic rings. The predicted molar refractivity (Wildman–Crippen MR) is 85.7 cm³/mol. The third-order valence-corrected chi connectivity index (χ3v) is 4.58. The molecule has 3 rings (SSSR count). The Morgan fingerprint density at radius 2 is 2.18 bits per heavy atom. The summed E-state index contributed by atoms with van der Waals surface area (Å²) in [7, 11) is 0. The number of carbonyl (C=O) groups excluding carboxylic acids is 1. The van der Waals surface area contributed by atoms with E-state index in [1.54, 1.807) is 0 Å². The standard InChI is InChI=1S/C13H15ClN6OS/c1-2-9-18-19-13(22-9)17-11(21)10-8(14)7-15-12(16-10)20-5-3-4-6-20/h7H,2-6H2,1H3,(H,17,19,21). The second kappa shape index (κ2) is 6.53. The van der Waals surface area contributed by atoms with Gasteiger partial charge >= 0.3 is 0 Å². The van der Waals surface area contributed by atoms with E-state index in [1.807, 2.05) is 11.8 Å². The summed E-state index contributed by atoms with van der Waals surface area (Å²) in [5.74, 6) is 0.144. The van der Waals surface area contributed by atoms with Crippen molar-refractivity contribution in [3.8, 4) is 0 Å². The van der Waals surface area contributed by atoms with Crippen LogP contribution in [0.3, 0.4) is 0 Å². The first-order valence-corrected chi connectivity index (χ1v) is 8.28. The van der Waals surface area contributed by atoms with Gasteiger partial charge in [-0.15, -0.1) is 10.2 Å². The minimum Gasteiger partial charge on any atom is -0.341 e. The molecule has 3 heterocycles. The van der Waals surface area contributed by atoms with Crippen molar-refractivity contribution in [2.75, 3.05) is 23.3 Å². The molecule has 0 radical (unpaired) electrons. The first kappa shape index (κ1) is 15.1. The normalized spacial score (nSPS) is 14.4. The molecule has 1 fully saturated rings. The maximum absolute atomic E-state index is 12.3. The summed E-state index contributed by atoms with van der Waals surface area (Å²) in [6.45, 7) is 3.79. The van der Waals surface area contributed by atoms with Gasteiger partial charge in [0.1, 0.15) is 5.01 Å². The Labute approximate surface area is 136 Å². The molecule has 1 aliphatic heterocycles. The number of aryl methyl sites for hydroxylation is 1. The predicted octanol–water partition coefficient (Wildman–Crippen LogP) is 2.40. The number of nitrogens with one attached hydrogen (secondary N) is 1. The number of amides is 1. The fraction of sp³-hybridized carbons (Fsp3) is 0.462. The molecule has 116 valence electrons. The lowest BCUT2D eigenvalue weighted by Crippen LogP contribution is -2.23. The average Bonchev–Trinajstić information content (AvgIpc) is 3.18. The second-order valence-electron chi connectivity index (χ2n) is 4.87. The Morgan fingerprint density at radius 3 is 2.86 bits per heavy atom. The molecule has 1 N–H and O–H groups in total. The largest absolute Gasteiger partial charge is 0.341 e. The van der Waals surface area contributed by atoms with Gasteiger partial charge in [-0.2, -0.15) is 0 Å². The minimum atomic E-state index is -0.397. The Hall–Kier alpha value is -1.80. The van der Waals surface area contributed by atoms with Crippen LogP contribution in [-0.2, 0) is 6.42 Å². The van der Waals surface area contributed by atoms with E-state index in [1.165, 1.54) is 17.5 Å². The number of anilines is 2. The third-order valence-electron chi connectivity index (χ3n) is 3.33. The van der Waals surface area contributed by atoms with Gasteiger partial charge in [-0.3, -0.25) is 10.1 Å². The van der Waals surface area contributed by atoms with Gasteiger partial charge in [0.15, 0.2) is 5.69 Å². The van der Waals surface area contributed by atoms with Crippen molar-refractivity contribution < 1.29 is 4.79 Å². The zero-order chi connectivity index (χ0) is 15.5. The highest BCUT2D eigenvalue weighted by molar-refractivity contribution is 7.15. The molecule has 1 amide bonds. The van der Waals surface area contributed by atoms with Crippen molar-refractivity contribution in [2.45, 2.75) is 26.2 Å². The Bertz CT molecular complexity index is 685. The number of carbonyl (C=O) groups is 1. The van der Waals surface area contributed by atoms with Crippen molar-refractivity contribution in [3.63, 3.8) is 0 Å². The molecule has 7 nitrogen and oxygen atoms in total. The number of rotatable bonds is 4. The lowest BCUT2D eigenvalue weighted by molar-refractivity contribution is 0.102. The fourth-order valence-corrected chi connectivity index (χ4v) is 3.04. The average molecular weight is 339 g/mol. The summed E-state index contributed by atoms with van der Waals surface area (Å²) in [5, 5.41) is 12.1. The summed E-state index contributed by atoms with van der Waals surface area (Å²) >= 11 is 7.40.